The molecule has 104 valence electrons. The van der Waals surface area contributed by atoms with E-state index in [1.807, 2.05) is 26.0 Å². The highest BCUT2D eigenvalue weighted by molar-refractivity contribution is 5.60. The first kappa shape index (κ1) is 13.9. The lowest BCUT2D eigenvalue weighted by Gasteiger charge is -2.19. The van der Waals surface area contributed by atoms with Crippen molar-refractivity contribution in [2.24, 2.45) is 0 Å². The minimum Gasteiger partial charge on any atom is -0.486 e. The van der Waals surface area contributed by atoms with Gasteiger partial charge in [-0.1, -0.05) is 12.2 Å². The molecule has 0 bridgehead atoms. The van der Waals surface area contributed by atoms with E-state index >= 15 is 0 Å². The highest BCUT2D eigenvalue weighted by Gasteiger charge is 2.13. The molecule has 1 aliphatic heterocycles. The average molecular weight is 262 g/mol. The summed E-state index contributed by atoms with van der Waals surface area (Å²) in [4.78, 5) is 0. The summed E-state index contributed by atoms with van der Waals surface area (Å²) < 4.78 is 11.1. The fourth-order valence-corrected chi connectivity index (χ4v) is 2.03. The molecule has 0 aliphatic carbocycles. The predicted octanol–water partition coefficient (Wildman–Crippen LogP) is 3.33. The van der Waals surface area contributed by atoms with E-state index in [0.717, 1.165) is 29.9 Å². The van der Waals surface area contributed by atoms with Gasteiger partial charge in [0.1, 0.15) is 13.2 Å². The molecule has 1 aromatic carbocycles. The predicted molar refractivity (Wildman–Crippen MR) is 76.7 cm³/mol. The van der Waals surface area contributed by atoms with Gasteiger partial charge in [0, 0.05) is 0 Å². The number of allylic oxidation sites excluding steroid dienone is 1. The third-order valence-corrected chi connectivity index (χ3v) is 3.15. The van der Waals surface area contributed by atoms with Crippen molar-refractivity contribution in [3.63, 3.8) is 0 Å². The summed E-state index contributed by atoms with van der Waals surface area (Å²) in [6.45, 7) is 6.95. The Bertz CT molecular complexity index is 470. The largest absolute Gasteiger partial charge is 0.486 e. The lowest BCUT2D eigenvalue weighted by molar-refractivity contribution is 0.0722. The zero-order valence-corrected chi connectivity index (χ0v) is 11.9. The second-order valence-corrected chi connectivity index (χ2v) is 5.61. The van der Waals surface area contributed by atoms with Gasteiger partial charge >= 0.3 is 0 Å². The minimum absolute atomic E-state index is 0.605. The number of hydrogen-bond acceptors (Lipinski definition) is 3. The van der Waals surface area contributed by atoms with Gasteiger partial charge in [0.05, 0.1) is 5.60 Å². The van der Waals surface area contributed by atoms with Crippen LogP contribution in [-0.2, 0) is 0 Å². The number of aryl methyl sites for hydroxylation is 1. The van der Waals surface area contributed by atoms with Crippen LogP contribution < -0.4 is 9.47 Å². The Kier molecular flexibility index (Phi) is 4.15. The molecule has 1 aliphatic rings. The lowest BCUT2D eigenvalue weighted by atomic mass is 10.0. The Labute approximate surface area is 114 Å². The number of aliphatic hydroxyl groups is 1. The maximum absolute atomic E-state index is 9.66. The molecule has 1 N–H and O–H groups in total. The van der Waals surface area contributed by atoms with Crippen molar-refractivity contribution < 1.29 is 14.6 Å². The van der Waals surface area contributed by atoms with E-state index in [9.17, 15) is 5.11 Å². The van der Waals surface area contributed by atoms with Crippen molar-refractivity contribution in [1.82, 2.24) is 0 Å². The second kappa shape index (κ2) is 5.66. The van der Waals surface area contributed by atoms with Crippen LogP contribution in [0.3, 0.4) is 0 Å². The van der Waals surface area contributed by atoms with E-state index in [1.54, 1.807) is 0 Å². The maximum atomic E-state index is 9.66. The quantitative estimate of drug-likeness (QED) is 0.904. The summed E-state index contributed by atoms with van der Waals surface area (Å²) in [6, 6.07) is 4.04. The zero-order chi connectivity index (χ0) is 13.9. The smallest absolute Gasteiger partial charge is 0.161 e. The SMILES string of the molecule is Cc1cc2c(cc1/C=C/CCC(C)(C)O)OCCO2. The first-order valence-corrected chi connectivity index (χ1v) is 6.75. The molecule has 0 radical (unpaired) electrons. The topological polar surface area (TPSA) is 38.7 Å². The number of hydrogen-bond donors (Lipinski definition) is 1. The van der Waals surface area contributed by atoms with Crippen LogP contribution in [0.5, 0.6) is 11.5 Å². The molecule has 0 aromatic heterocycles. The first-order chi connectivity index (χ1) is 8.96. The molecule has 0 unspecified atom stereocenters. The van der Waals surface area contributed by atoms with Crippen molar-refractivity contribution in [2.75, 3.05) is 13.2 Å². The van der Waals surface area contributed by atoms with Crippen LogP contribution in [0.25, 0.3) is 6.08 Å². The van der Waals surface area contributed by atoms with Crippen molar-refractivity contribution in [1.29, 1.82) is 0 Å². The molecule has 0 spiro atoms. The van der Waals surface area contributed by atoms with Gasteiger partial charge < -0.3 is 14.6 Å². The van der Waals surface area contributed by atoms with Gasteiger partial charge in [-0.3, -0.25) is 0 Å². The number of ether oxygens (including phenoxy) is 2. The summed E-state index contributed by atoms with van der Waals surface area (Å²) in [7, 11) is 0. The van der Waals surface area contributed by atoms with Gasteiger partial charge in [-0.15, -0.1) is 0 Å². The Morgan fingerprint density at radius 2 is 1.84 bits per heavy atom. The highest BCUT2D eigenvalue weighted by atomic mass is 16.6. The first-order valence-electron chi connectivity index (χ1n) is 6.75. The van der Waals surface area contributed by atoms with Gasteiger partial charge in [0.15, 0.2) is 11.5 Å². The molecule has 0 saturated heterocycles. The van der Waals surface area contributed by atoms with Crippen molar-refractivity contribution in [3.8, 4) is 11.5 Å². The number of benzene rings is 1. The van der Waals surface area contributed by atoms with Gasteiger partial charge in [0.2, 0.25) is 0 Å². The molecule has 0 atom stereocenters. The van der Waals surface area contributed by atoms with Crippen molar-refractivity contribution >= 4 is 6.08 Å². The van der Waals surface area contributed by atoms with Crippen LogP contribution >= 0.6 is 0 Å². The molecule has 1 aromatic rings. The van der Waals surface area contributed by atoms with Crippen LogP contribution in [0.2, 0.25) is 0 Å². The summed E-state index contributed by atoms with van der Waals surface area (Å²) in [5.74, 6) is 1.65. The summed E-state index contributed by atoms with van der Waals surface area (Å²) in [5, 5.41) is 9.66. The van der Waals surface area contributed by atoms with E-state index < -0.39 is 5.60 Å². The monoisotopic (exact) mass is 262 g/mol. The molecule has 3 nitrogen and oxygen atoms in total. The van der Waals surface area contributed by atoms with Gasteiger partial charge in [-0.2, -0.15) is 0 Å². The molecule has 2 rings (SSSR count). The van der Waals surface area contributed by atoms with Crippen LogP contribution in [0, 0.1) is 6.92 Å². The van der Waals surface area contributed by atoms with E-state index in [2.05, 4.69) is 19.1 Å². The lowest BCUT2D eigenvalue weighted by Crippen LogP contribution is -2.17. The molecule has 0 saturated carbocycles. The molecular weight excluding hydrogens is 240 g/mol. The van der Waals surface area contributed by atoms with Crippen LogP contribution in [0.15, 0.2) is 18.2 Å². The fraction of sp³-hybridized carbons (Fsp3) is 0.500. The van der Waals surface area contributed by atoms with Gasteiger partial charge in [-0.25, -0.2) is 0 Å². The van der Waals surface area contributed by atoms with E-state index in [4.69, 9.17) is 9.47 Å². The van der Waals surface area contributed by atoms with Crippen molar-refractivity contribution in [3.05, 3.63) is 29.3 Å². The average Bonchev–Trinajstić information content (AvgIpc) is 2.33. The van der Waals surface area contributed by atoms with Gasteiger partial charge in [-0.05, 0) is 56.9 Å². The number of fused-ring (bicyclic) bond motifs is 1. The molecule has 1 heterocycles. The summed E-state index contributed by atoms with van der Waals surface area (Å²) >= 11 is 0. The minimum atomic E-state index is -0.605. The highest BCUT2D eigenvalue weighted by Crippen LogP contribution is 2.33. The second-order valence-electron chi connectivity index (χ2n) is 5.61. The van der Waals surface area contributed by atoms with Crippen molar-refractivity contribution in [2.45, 2.75) is 39.2 Å². The third kappa shape index (κ3) is 4.00. The molecule has 0 amide bonds. The van der Waals surface area contributed by atoms with E-state index in [0.29, 0.717) is 13.2 Å². The Morgan fingerprint density at radius 3 is 2.47 bits per heavy atom. The molecule has 0 fully saturated rings. The van der Waals surface area contributed by atoms with Crippen LogP contribution in [0.4, 0.5) is 0 Å². The van der Waals surface area contributed by atoms with Crippen LogP contribution in [0.1, 0.15) is 37.8 Å². The Morgan fingerprint density at radius 1 is 1.21 bits per heavy atom. The molecular formula is C16H22O3. The maximum Gasteiger partial charge on any atom is 0.161 e. The zero-order valence-electron chi connectivity index (χ0n) is 11.9. The van der Waals surface area contributed by atoms with E-state index in [-0.39, 0.29) is 0 Å². The summed E-state index contributed by atoms with van der Waals surface area (Å²) in [5.41, 5.74) is 1.70. The molecule has 19 heavy (non-hydrogen) atoms. The third-order valence-electron chi connectivity index (χ3n) is 3.15. The summed E-state index contributed by atoms with van der Waals surface area (Å²) in [6.07, 6.45) is 5.79. The van der Waals surface area contributed by atoms with Gasteiger partial charge in [0.25, 0.3) is 0 Å². The Hall–Kier alpha value is -1.48. The van der Waals surface area contributed by atoms with Crippen LogP contribution in [-0.4, -0.2) is 23.9 Å². The number of rotatable bonds is 4. The molecule has 3 heteroatoms. The normalized spacial score (nSPS) is 14.9. The van der Waals surface area contributed by atoms with E-state index in [1.165, 1.54) is 5.56 Å². The standard InChI is InChI=1S/C16H22O3/c1-12-10-14-15(19-9-8-18-14)11-13(12)6-4-5-7-16(2,3)17/h4,6,10-11,17H,5,7-9H2,1-3H3/b6-4+. The fourth-order valence-electron chi connectivity index (χ4n) is 2.03. The Balaban J connectivity index is 2.06.